The van der Waals surface area contributed by atoms with Crippen LogP contribution in [0.1, 0.15) is 29.5 Å². The van der Waals surface area contributed by atoms with E-state index in [-0.39, 0.29) is 12.2 Å². The van der Waals surface area contributed by atoms with E-state index in [1.54, 1.807) is 6.20 Å². The summed E-state index contributed by atoms with van der Waals surface area (Å²) in [5.41, 5.74) is 2.25. The molecule has 6 nitrogen and oxygen atoms in total. The molecule has 0 radical (unpaired) electrons. The molecule has 0 bridgehead atoms. The lowest BCUT2D eigenvalue weighted by atomic mass is 9.74. The number of rotatable bonds is 4. The van der Waals surface area contributed by atoms with Gasteiger partial charge < -0.3 is 19.5 Å². The van der Waals surface area contributed by atoms with E-state index in [1.807, 2.05) is 13.0 Å². The second kappa shape index (κ2) is 7.26. The molecule has 27 heavy (non-hydrogen) atoms. The minimum Gasteiger partial charge on any atom is -0.454 e. The predicted octanol–water partition coefficient (Wildman–Crippen LogP) is 3.80. The van der Waals surface area contributed by atoms with Crippen LogP contribution in [0.15, 0.2) is 24.4 Å². The molecule has 0 saturated carbocycles. The Labute approximate surface area is 163 Å². The molecule has 2 aliphatic heterocycles. The Morgan fingerprint density at radius 1 is 1.26 bits per heavy atom. The first-order valence-electron chi connectivity index (χ1n) is 8.90. The first-order chi connectivity index (χ1) is 13.1. The van der Waals surface area contributed by atoms with Crippen LogP contribution < -0.4 is 14.8 Å². The SMILES string of the molecule is Cc1c(Cl)cnc(NCC2(c3ccc4c(c3)OCO4)CCOCC2)c1C#N. The van der Waals surface area contributed by atoms with E-state index >= 15 is 0 Å². The third kappa shape index (κ3) is 3.29. The summed E-state index contributed by atoms with van der Waals surface area (Å²) in [7, 11) is 0. The van der Waals surface area contributed by atoms with Crippen molar-refractivity contribution in [2.24, 2.45) is 0 Å². The van der Waals surface area contributed by atoms with Crippen LogP contribution in [0.2, 0.25) is 5.02 Å². The lowest BCUT2D eigenvalue weighted by molar-refractivity contribution is 0.0543. The fourth-order valence-corrected chi connectivity index (χ4v) is 3.80. The van der Waals surface area contributed by atoms with Crippen molar-refractivity contribution in [2.75, 3.05) is 31.9 Å². The van der Waals surface area contributed by atoms with Gasteiger partial charge in [0, 0.05) is 31.4 Å². The average Bonchev–Trinajstić information content (AvgIpc) is 3.17. The van der Waals surface area contributed by atoms with E-state index in [0.29, 0.717) is 36.2 Å². The molecule has 1 fully saturated rings. The standard InChI is InChI=1S/C20H20ClN3O3/c1-13-15(9-22)19(23-10-16(13)21)24-11-20(4-6-25-7-5-20)14-2-3-17-18(8-14)27-12-26-17/h2-3,8,10H,4-7,11-12H2,1H3,(H,23,24). The highest BCUT2D eigenvalue weighted by molar-refractivity contribution is 6.31. The topological polar surface area (TPSA) is 76.4 Å². The van der Waals surface area contributed by atoms with Crippen molar-refractivity contribution in [3.05, 3.63) is 46.1 Å². The van der Waals surface area contributed by atoms with Crippen LogP contribution in [-0.4, -0.2) is 31.5 Å². The number of aromatic nitrogens is 1. The Morgan fingerprint density at radius 3 is 2.81 bits per heavy atom. The number of anilines is 1. The predicted molar refractivity (Wildman–Crippen MR) is 101 cm³/mol. The van der Waals surface area contributed by atoms with E-state index < -0.39 is 0 Å². The van der Waals surface area contributed by atoms with E-state index in [1.165, 1.54) is 5.56 Å². The van der Waals surface area contributed by atoms with Crippen LogP contribution in [0, 0.1) is 18.3 Å². The molecule has 140 valence electrons. The molecule has 2 aliphatic rings. The normalized spacial score (nSPS) is 17.4. The van der Waals surface area contributed by atoms with Gasteiger partial charge in [0.05, 0.1) is 10.6 Å². The molecule has 7 heteroatoms. The fourth-order valence-electron chi connectivity index (χ4n) is 3.66. The molecular formula is C20H20ClN3O3. The van der Waals surface area contributed by atoms with Crippen molar-refractivity contribution >= 4 is 17.4 Å². The molecule has 0 aliphatic carbocycles. The quantitative estimate of drug-likeness (QED) is 0.862. The van der Waals surface area contributed by atoms with Crippen molar-refractivity contribution in [3.8, 4) is 17.6 Å². The van der Waals surface area contributed by atoms with E-state index in [2.05, 4.69) is 28.5 Å². The first-order valence-corrected chi connectivity index (χ1v) is 9.28. The number of pyridine rings is 1. The van der Waals surface area contributed by atoms with Crippen LogP contribution >= 0.6 is 11.6 Å². The van der Waals surface area contributed by atoms with Crippen molar-refractivity contribution in [2.45, 2.75) is 25.2 Å². The Hall–Kier alpha value is -2.49. The summed E-state index contributed by atoms with van der Waals surface area (Å²) in [6, 6.07) is 8.31. The van der Waals surface area contributed by atoms with Gasteiger partial charge in [0.2, 0.25) is 6.79 Å². The lowest BCUT2D eigenvalue weighted by Gasteiger charge is -2.38. The van der Waals surface area contributed by atoms with Gasteiger partial charge in [0.1, 0.15) is 11.9 Å². The summed E-state index contributed by atoms with van der Waals surface area (Å²) >= 11 is 6.11. The smallest absolute Gasteiger partial charge is 0.231 e. The highest BCUT2D eigenvalue weighted by Gasteiger charge is 2.36. The molecule has 1 saturated heterocycles. The van der Waals surface area contributed by atoms with Crippen molar-refractivity contribution in [1.82, 2.24) is 4.98 Å². The van der Waals surface area contributed by atoms with E-state index in [9.17, 15) is 5.26 Å². The second-order valence-corrected chi connectivity index (χ2v) is 7.29. The fraction of sp³-hybridized carbons (Fsp3) is 0.400. The Kier molecular flexibility index (Phi) is 4.81. The van der Waals surface area contributed by atoms with Gasteiger partial charge in [0.25, 0.3) is 0 Å². The summed E-state index contributed by atoms with van der Waals surface area (Å²) in [5, 5.41) is 13.4. The number of hydrogen-bond acceptors (Lipinski definition) is 6. The molecule has 0 unspecified atom stereocenters. The van der Waals surface area contributed by atoms with Crippen LogP contribution in [0.5, 0.6) is 11.5 Å². The number of halogens is 1. The molecule has 4 rings (SSSR count). The van der Waals surface area contributed by atoms with Crippen LogP contribution in [0.3, 0.4) is 0 Å². The van der Waals surface area contributed by atoms with Gasteiger partial charge >= 0.3 is 0 Å². The Balaban J connectivity index is 1.64. The molecule has 0 amide bonds. The number of hydrogen-bond donors (Lipinski definition) is 1. The zero-order valence-electron chi connectivity index (χ0n) is 15.0. The number of nitrogens with zero attached hydrogens (tertiary/aromatic N) is 2. The maximum absolute atomic E-state index is 9.51. The molecule has 3 heterocycles. The minimum atomic E-state index is -0.138. The number of fused-ring (bicyclic) bond motifs is 1. The minimum absolute atomic E-state index is 0.138. The Morgan fingerprint density at radius 2 is 2.04 bits per heavy atom. The maximum Gasteiger partial charge on any atom is 0.231 e. The maximum atomic E-state index is 9.51. The van der Waals surface area contributed by atoms with Crippen molar-refractivity contribution in [1.29, 1.82) is 5.26 Å². The monoisotopic (exact) mass is 385 g/mol. The zero-order chi connectivity index (χ0) is 18.9. The molecule has 2 aromatic rings. The third-order valence-electron chi connectivity index (χ3n) is 5.42. The van der Waals surface area contributed by atoms with E-state index in [0.717, 1.165) is 29.9 Å². The van der Waals surface area contributed by atoms with Gasteiger partial charge in [-0.15, -0.1) is 0 Å². The van der Waals surface area contributed by atoms with Crippen molar-refractivity contribution in [3.63, 3.8) is 0 Å². The number of nitrogens with one attached hydrogen (secondary N) is 1. The summed E-state index contributed by atoms with van der Waals surface area (Å²) in [6.07, 6.45) is 3.32. The van der Waals surface area contributed by atoms with Gasteiger partial charge in [-0.1, -0.05) is 17.7 Å². The summed E-state index contributed by atoms with van der Waals surface area (Å²) in [5.74, 6) is 2.11. The van der Waals surface area contributed by atoms with Gasteiger partial charge in [0.15, 0.2) is 11.5 Å². The van der Waals surface area contributed by atoms with Gasteiger partial charge in [-0.25, -0.2) is 4.98 Å². The molecule has 0 atom stereocenters. The summed E-state index contributed by atoms with van der Waals surface area (Å²) in [6.45, 7) is 4.10. The molecular weight excluding hydrogens is 366 g/mol. The van der Waals surface area contributed by atoms with Gasteiger partial charge in [-0.05, 0) is 43.0 Å². The highest BCUT2D eigenvalue weighted by atomic mass is 35.5. The summed E-state index contributed by atoms with van der Waals surface area (Å²) < 4.78 is 16.6. The van der Waals surface area contributed by atoms with Crippen LogP contribution in [-0.2, 0) is 10.2 Å². The highest BCUT2D eigenvalue weighted by Crippen LogP contribution is 2.41. The zero-order valence-corrected chi connectivity index (χ0v) is 15.8. The average molecular weight is 386 g/mol. The number of ether oxygens (including phenoxy) is 3. The molecule has 1 aromatic heterocycles. The number of nitriles is 1. The number of benzene rings is 1. The largest absolute Gasteiger partial charge is 0.454 e. The van der Waals surface area contributed by atoms with Gasteiger partial charge in [-0.3, -0.25) is 0 Å². The van der Waals surface area contributed by atoms with Crippen LogP contribution in [0.4, 0.5) is 5.82 Å². The van der Waals surface area contributed by atoms with Crippen molar-refractivity contribution < 1.29 is 14.2 Å². The van der Waals surface area contributed by atoms with Gasteiger partial charge in [-0.2, -0.15) is 5.26 Å². The Bertz CT molecular complexity index is 904. The molecule has 0 spiro atoms. The van der Waals surface area contributed by atoms with Crippen LogP contribution in [0.25, 0.3) is 0 Å². The third-order valence-corrected chi connectivity index (χ3v) is 5.80. The van der Waals surface area contributed by atoms with E-state index in [4.69, 9.17) is 25.8 Å². The summed E-state index contributed by atoms with van der Waals surface area (Å²) in [4.78, 5) is 4.34. The second-order valence-electron chi connectivity index (χ2n) is 6.88. The lowest BCUT2D eigenvalue weighted by Crippen LogP contribution is -2.40. The molecule has 1 aromatic carbocycles. The first kappa shape index (κ1) is 17.9. The molecule has 1 N–H and O–H groups in total.